The van der Waals surface area contributed by atoms with Crippen molar-refractivity contribution in [2.24, 2.45) is 0 Å². The quantitative estimate of drug-likeness (QED) is 0.802. The van der Waals surface area contributed by atoms with Crippen molar-refractivity contribution < 1.29 is 9.53 Å². The third-order valence-electron chi connectivity index (χ3n) is 3.41. The second-order valence-electron chi connectivity index (χ2n) is 5.08. The highest BCUT2D eigenvalue weighted by Crippen LogP contribution is 2.23. The summed E-state index contributed by atoms with van der Waals surface area (Å²) in [5, 5.41) is 6.19. The van der Waals surface area contributed by atoms with E-state index < -0.39 is 0 Å². The zero-order valence-corrected chi connectivity index (χ0v) is 12.2. The number of ether oxygens (including phenoxy) is 1. The second-order valence-corrected chi connectivity index (χ2v) is 5.08. The largest absolute Gasteiger partial charge is 0.378 e. The topological polar surface area (TPSA) is 63.2 Å². The van der Waals surface area contributed by atoms with Crippen LogP contribution in [0.4, 0.5) is 5.82 Å². The van der Waals surface area contributed by atoms with E-state index in [0.29, 0.717) is 11.7 Å². The molecule has 1 amide bonds. The molecule has 1 heterocycles. The van der Waals surface area contributed by atoms with Crippen LogP contribution in [0.15, 0.2) is 18.3 Å². The van der Waals surface area contributed by atoms with Gasteiger partial charge in [0, 0.05) is 25.4 Å². The monoisotopic (exact) mass is 277 g/mol. The van der Waals surface area contributed by atoms with Gasteiger partial charge in [0.05, 0.1) is 11.7 Å². The molecule has 2 rings (SSSR count). The first kappa shape index (κ1) is 14.8. The number of aromatic nitrogens is 1. The van der Waals surface area contributed by atoms with Crippen LogP contribution in [-0.2, 0) is 4.74 Å². The van der Waals surface area contributed by atoms with Crippen molar-refractivity contribution in [3.05, 3.63) is 23.9 Å². The molecule has 1 aliphatic carbocycles. The Morgan fingerprint density at radius 2 is 2.20 bits per heavy atom. The molecule has 110 valence electrons. The fourth-order valence-electron chi connectivity index (χ4n) is 2.21. The van der Waals surface area contributed by atoms with Crippen LogP contribution < -0.4 is 10.6 Å². The molecule has 0 aliphatic heterocycles. The van der Waals surface area contributed by atoms with Gasteiger partial charge in [0.1, 0.15) is 5.82 Å². The summed E-state index contributed by atoms with van der Waals surface area (Å²) in [5.74, 6) is 0.753. The van der Waals surface area contributed by atoms with Crippen molar-refractivity contribution in [3.8, 4) is 0 Å². The predicted octanol–water partition coefficient (Wildman–Crippen LogP) is 2.20. The molecular formula is C15H23N3O2. The standard InChI is InChI=1S/C15H23N3O2/c1-3-7-16-14-6-5-11(10-17-14)15(19)18-12-8-13(9-12)20-4-2/h5-6,10,12-13H,3-4,7-9H2,1-2H3,(H,16,17)(H,18,19). The van der Waals surface area contributed by atoms with Crippen LogP contribution in [-0.4, -0.2) is 36.2 Å². The Labute approximate surface area is 120 Å². The second kappa shape index (κ2) is 7.24. The van der Waals surface area contributed by atoms with Gasteiger partial charge in [-0.15, -0.1) is 0 Å². The van der Waals surface area contributed by atoms with E-state index in [1.807, 2.05) is 13.0 Å². The van der Waals surface area contributed by atoms with Crippen LogP contribution in [0, 0.1) is 0 Å². The molecular weight excluding hydrogens is 254 g/mol. The molecule has 0 radical (unpaired) electrons. The first-order valence-electron chi connectivity index (χ1n) is 7.35. The Balaban J connectivity index is 1.78. The van der Waals surface area contributed by atoms with Crippen molar-refractivity contribution >= 4 is 11.7 Å². The maximum atomic E-state index is 12.0. The normalized spacial score (nSPS) is 21.1. The van der Waals surface area contributed by atoms with Crippen molar-refractivity contribution in [1.82, 2.24) is 10.3 Å². The summed E-state index contributed by atoms with van der Waals surface area (Å²) in [6, 6.07) is 3.88. The van der Waals surface area contributed by atoms with E-state index in [9.17, 15) is 4.79 Å². The third kappa shape index (κ3) is 3.93. The molecule has 2 N–H and O–H groups in total. The number of carbonyl (C=O) groups is 1. The molecule has 1 fully saturated rings. The Hall–Kier alpha value is -1.62. The molecule has 5 heteroatoms. The van der Waals surface area contributed by atoms with Gasteiger partial charge in [-0.1, -0.05) is 6.92 Å². The van der Waals surface area contributed by atoms with E-state index in [1.165, 1.54) is 0 Å². The zero-order valence-electron chi connectivity index (χ0n) is 12.2. The van der Waals surface area contributed by atoms with Crippen LogP contribution >= 0.6 is 0 Å². The fourth-order valence-corrected chi connectivity index (χ4v) is 2.21. The van der Waals surface area contributed by atoms with Gasteiger partial charge < -0.3 is 15.4 Å². The summed E-state index contributed by atoms with van der Waals surface area (Å²) in [6.07, 6.45) is 4.79. The van der Waals surface area contributed by atoms with Crippen LogP contribution in [0.5, 0.6) is 0 Å². The summed E-state index contributed by atoms with van der Waals surface area (Å²) >= 11 is 0. The maximum absolute atomic E-state index is 12.0. The molecule has 5 nitrogen and oxygen atoms in total. The van der Waals surface area contributed by atoms with Gasteiger partial charge in [-0.2, -0.15) is 0 Å². The Morgan fingerprint density at radius 3 is 2.80 bits per heavy atom. The van der Waals surface area contributed by atoms with Gasteiger partial charge in [-0.05, 0) is 38.3 Å². The van der Waals surface area contributed by atoms with Gasteiger partial charge in [0.2, 0.25) is 0 Å². The molecule has 0 spiro atoms. The SMILES string of the molecule is CCCNc1ccc(C(=O)NC2CC(OCC)C2)cn1. The molecule has 1 aliphatic rings. The van der Waals surface area contributed by atoms with E-state index in [0.717, 1.165) is 38.2 Å². The lowest BCUT2D eigenvalue weighted by atomic mass is 9.89. The minimum absolute atomic E-state index is 0.0560. The summed E-state index contributed by atoms with van der Waals surface area (Å²) in [6.45, 7) is 5.72. The van der Waals surface area contributed by atoms with Crippen LogP contribution in [0.25, 0.3) is 0 Å². The summed E-state index contributed by atoms with van der Waals surface area (Å²) in [5.41, 5.74) is 0.604. The molecule has 1 aromatic heterocycles. The Kier molecular flexibility index (Phi) is 5.35. The lowest BCUT2D eigenvalue weighted by Gasteiger charge is -2.35. The average molecular weight is 277 g/mol. The van der Waals surface area contributed by atoms with Gasteiger partial charge in [0.15, 0.2) is 0 Å². The Morgan fingerprint density at radius 1 is 1.40 bits per heavy atom. The molecule has 0 unspecified atom stereocenters. The number of anilines is 1. The average Bonchev–Trinajstić information content (AvgIpc) is 2.43. The van der Waals surface area contributed by atoms with Gasteiger partial charge in [-0.3, -0.25) is 4.79 Å². The van der Waals surface area contributed by atoms with E-state index in [4.69, 9.17) is 4.74 Å². The number of hydrogen-bond acceptors (Lipinski definition) is 4. The predicted molar refractivity (Wildman–Crippen MR) is 78.9 cm³/mol. The maximum Gasteiger partial charge on any atom is 0.253 e. The lowest BCUT2D eigenvalue weighted by molar-refractivity contribution is -0.00862. The Bertz CT molecular complexity index is 427. The van der Waals surface area contributed by atoms with Gasteiger partial charge in [0.25, 0.3) is 5.91 Å². The van der Waals surface area contributed by atoms with E-state index in [-0.39, 0.29) is 11.9 Å². The minimum Gasteiger partial charge on any atom is -0.378 e. The van der Waals surface area contributed by atoms with Crippen LogP contribution in [0.2, 0.25) is 0 Å². The van der Waals surface area contributed by atoms with E-state index in [2.05, 4.69) is 22.5 Å². The highest BCUT2D eigenvalue weighted by atomic mass is 16.5. The molecule has 1 aromatic rings. The van der Waals surface area contributed by atoms with Gasteiger partial charge in [-0.25, -0.2) is 4.98 Å². The lowest BCUT2D eigenvalue weighted by Crippen LogP contribution is -2.47. The molecule has 0 aromatic carbocycles. The third-order valence-corrected chi connectivity index (χ3v) is 3.41. The fraction of sp³-hybridized carbons (Fsp3) is 0.600. The highest BCUT2D eigenvalue weighted by Gasteiger charge is 2.30. The number of nitrogens with one attached hydrogen (secondary N) is 2. The van der Waals surface area contributed by atoms with Crippen LogP contribution in [0.3, 0.4) is 0 Å². The molecule has 0 atom stereocenters. The van der Waals surface area contributed by atoms with Crippen molar-refractivity contribution in [1.29, 1.82) is 0 Å². The number of pyridine rings is 1. The minimum atomic E-state index is -0.0560. The van der Waals surface area contributed by atoms with E-state index in [1.54, 1.807) is 12.3 Å². The molecule has 1 saturated carbocycles. The van der Waals surface area contributed by atoms with Crippen molar-refractivity contribution in [3.63, 3.8) is 0 Å². The molecule has 0 bridgehead atoms. The summed E-state index contributed by atoms with van der Waals surface area (Å²) in [7, 11) is 0. The smallest absolute Gasteiger partial charge is 0.253 e. The number of amides is 1. The zero-order chi connectivity index (χ0) is 14.4. The van der Waals surface area contributed by atoms with Crippen molar-refractivity contribution in [2.75, 3.05) is 18.5 Å². The molecule has 0 saturated heterocycles. The number of hydrogen-bond donors (Lipinski definition) is 2. The van der Waals surface area contributed by atoms with Gasteiger partial charge >= 0.3 is 0 Å². The molecule has 20 heavy (non-hydrogen) atoms. The number of nitrogens with zero attached hydrogens (tertiary/aromatic N) is 1. The first-order valence-corrected chi connectivity index (χ1v) is 7.35. The summed E-state index contributed by atoms with van der Waals surface area (Å²) in [4.78, 5) is 16.3. The first-order chi connectivity index (χ1) is 9.72. The summed E-state index contributed by atoms with van der Waals surface area (Å²) < 4.78 is 5.48. The van der Waals surface area contributed by atoms with E-state index >= 15 is 0 Å². The number of carbonyl (C=O) groups excluding carboxylic acids is 1. The van der Waals surface area contributed by atoms with Crippen molar-refractivity contribution in [2.45, 2.75) is 45.3 Å². The highest BCUT2D eigenvalue weighted by molar-refractivity contribution is 5.94. The number of rotatable bonds is 7. The van der Waals surface area contributed by atoms with Crippen LogP contribution in [0.1, 0.15) is 43.5 Å².